The zero-order chi connectivity index (χ0) is 14.4. The molecule has 0 amide bonds. The molecule has 0 radical (unpaired) electrons. The summed E-state index contributed by atoms with van der Waals surface area (Å²) in [6, 6.07) is 14.2. The smallest absolute Gasteiger partial charge is 0.118 e. The van der Waals surface area contributed by atoms with Crippen molar-refractivity contribution in [3.05, 3.63) is 53.1 Å². The van der Waals surface area contributed by atoms with Crippen LogP contribution in [0.5, 0.6) is 5.75 Å². The Morgan fingerprint density at radius 3 is 2.50 bits per heavy atom. The summed E-state index contributed by atoms with van der Waals surface area (Å²) in [6.45, 7) is 3.90. The first kappa shape index (κ1) is 15.2. The lowest BCUT2D eigenvalue weighted by Crippen LogP contribution is -2.11. The molecule has 0 saturated carbocycles. The summed E-state index contributed by atoms with van der Waals surface area (Å²) in [4.78, 5) is 2.21. The fourth-order valence-electron chi connectivity index (χ4n) is 1.78. The number of halogens is 1. The van der Waals surface area contributed by atoms with Crippen LogP contribution in [0.1, 0.15) is 12.5 Å². The zero-order valence-corrected chi connectivity index (χ0v) is 13.2. The molecule has 2 aromatic rings. The standard InChI is InChI=1S/C16H18ClNOS/c1-3-18-11-12-4-9-16(15(17)10-12)20-14-7-5-13(19-2)6-8-14/h4-10,18H,3,11H2,1-2H3. The molecule has 2 nitrogen and oxygen atoms in total. The fraction of sp³-hybridized carbons (Fsp3) is 0.250. The summed E-state index contributed by atoms with van der Waals surface area (Å²) in [6.07, 6.45) is 0. The van der Waals surface area contributed by atoms with Gasteiger partial charge in [0.15, 0.2) is 0 Å². The number of benzene rings is 2. The maximum Gasteiger partial charge on any atom is 0.118 e. The van der Waals surface area contributed by atoms with Crippen LogP contribution in [-0.4, -0.2) is 13.7 Å². The van der Waals surface area contributed by atoms with Gasteiger partial charge in [0, 0.05) is 16.3 Å². The molecule has 2 aromatic carbocycles. The van der Waals surface area contributed by atoms with Crippen LogP contribution < -0.4 is 10.1 Å². The van der Waals surface area contributed by atoms with Crippen LogP contribution in [0.3, 0.4) is 0 Å². The van der Waals surface area contributed by atoms with E-state index in [4.69, 9.17) is 16.3 Å². The van der Waals surface area contributed by atoms with E-state index in [9.17, 15) is 0 Å². The van der Waals surface area contributed by atoms with E-state index >= 15 is 0 Å². The predicted molar refractivity (Wildman–Crippen MR) is 85.9 cm³/mol. The molecule has 0 aliphatic carbocycles. The first-order valence-corrected chi connectivity index (χ1v) is 7.73. The predicted octanol–water partition coefficient (Wildman–Crippen LogP) is 4.61. The average Bonchev–Trinajstić information content (AvgIpc) is 2.48. The largest absolute Gasteiger partial charge is 0.497 e. The summed E-state index contributed by atoms with van der Waals surface area (Å²) in [5.41, 5.74) is 1.20. The molecule has 0 fully saturated rings. The van der Waals surface area contributed by atoms with E-state index in [0.717, 1.165) is 33.7 Å². The van der Waals surface area contributed by atoms with E-state index in [1.54, 1.807) is 18.9 Å². The van der Waals surface area contributed by atoms with Gasteiger partial charge in [-0.1, -0.05) is 36.4 Å². The van der Waals surface area contributed by atoms with Crippen molar-refractivity contribution in [3.8, 4) is 5.75 Å². The van der Waals surface area contributed by atoms with Gasteiger partial charge in [0.05, 0.1) is 12.1 Å². The van der Waals surface area contributed by atoms with Crippen LogP contribution in [0.2, 0.25) is 5.02 Å². The van der Waals surface area contributed by atoms with Gasteiger partial charge in [0.1, 0.15) is 5.75 Å². The quantitative estimate of drug-likeness (QED) is 0.842. The summed E-state index contributed by atoms with van der Waals surface area (Å²) in [5, 5.41) is 4.09. The number of hydrogen-bond donors (Lipinski definition) is 1. The Bertz CT molecular complexity index is 557. The van der Waals surface area contributed by atoms with E-state index < -0.39 is 0 Å². The molecule has 0 heterocycles. The Morgan fingerprint density at radius 1 is 1.15 bits per heavy atom. The SMILES string of the molecule is CCNCc1ccc(Sc2ccc(OC)cc2)c(Cl)c1. The molecule has 0 atom stereocenters. The van der Waals surface area contributed by atoms with E-state index in [1.165, 1.54) is 5.56 Å². The zero-order valence-electron chi connectivity index (χ0n) is 11.7. The molecule has 0 bridgehead atoms. The molecule has 2 rings (SSSR count). The summed E-state index contributed by atoms with van der Waals surface area (Å²) in [7, 11) is 1.67. The number of rotatable bonds is 6. The topological polar surface area (TPSA) is 21.3 Å². The third-order valence-corrected chi connectivity index (χ3v) is 4.37. The fourth-order valence-corrected chi connectivity index (χ4v) is 2.91. The molecule has 1 N–H and O–H groups in total. The molecule has 4 heteroatoms. The molecular formula is C16H18ClNOS. The van der Waals surface area contributed by atoms with Crippen LogP contribution in [0.15, 0.2) is 52.3 Å². The van der Waals surface area contributed by atoms with Gasteiger partial charge >= 0.3 is 0 Å². The highest BCUT2D eigenvalue weighted by molar-refractivity contribution is 7.99. The van der Waals surface area contributed by atoms with Gasteiger partial charge in [0.25, 0.3) is 0 Å². The second-order valence-corrected chi connectivity index (χ2v) is 5.85. The normalized spacial score (nSPS) is 10.6. The van der Waals surface area contributed by atoms with Gasteiger partial charge in [-0.2, -0.15) is 0 Å². The second kappa shape index (κ2) is 7.58. The van der Waals surface area contributed by atoms with Crippen LogP contribution in [-0.2, 0) is 6.54 Å². The molecule has 0 aromatic heterocycles. The lowest BCUT2D eigenvalue weighted by molar-refractivity contribution is 0.414. The highest BCUT2D eigenvalue weighted by Crippen LogP contribution is 2.34. The van der Waals surface area contributed by atoms with Gasteiger partial charge < -0.3 is 10.1 Å². The lowest BCUT2D eigenvalue weighted by Gasteiger charge is -2.08. The van der Waals surface area contributed by atoms with Crippen molar-refractivity contribution in [3.63, 3.8) is 0 Å². The molecule has 0 aliphatic heterocycles. The van der Waals surface area contributed by atoms with Crippen molar-refractivity contribution in [1.29, 1.82) is 0 Å². The summed E-state index contributed by atoms with van der Waals surface area (Å²) >= 11 is 8.00. The van der Waals surface area contributed by atoms with Gasteiger partial charge in [-0.05, 0) is 48.5 Å². The molecular weight excluding hydrogens is 290 g/mol. The van der Waals surface area contributed by atoms with Gasteiger partial charge in [-0.3, -0.25) is 0 Å². The van der Waals surface area contributed by atoms with Crippen LogP contribution in [0, 0.1) is 0 Å². The van der Waals surface area contributed by atoms with Crippen molar-refractivity contribution < 1.29 is 4.74 Å². The Kier molecular flexibility index (Phi) is 5.77. The monoisotopic (exact) mass is 307 g/mol. The Morgan fingerprint density at radius 2 is 1.90 bits per heavy atom. The maximum absolute atomic E-state index is 6.34. The minimum atomic E-state index is 0.793. The molecule has 0 spiro atoms. The van der Waals surface area contributed by atoms with Gasteiger partial charge in [-0.15, -0.1) is 0 Å². The molecule has 106 valence electrons. The number of hydrogen-bond acceptors (Lipinski definition) is 3. The number of methoxy groups -OCH3 is 1. The average molecular weight is 308 g/mol. The molecule has 0 unspecified atom stereocenters. The van der Waals surface area contributed by atoms with Crippen LogP contribution in [0.25, 0.3) is 0 Å². The number of nitrogens with one attached hydrogen (secondary N) is 1. The van der Waals surface area contributed by atoms with Crippen molar-refractivity contribution in [2.75, 3.05) is 13.7 Å². The van der Waals surface area contributed by atoms with Crippen molar-refractivity contribution in [2.24, 2.45) is 0 Å². The van der Waals surface area contributed by atoms with Gasteiger partial charge in [0.2, 0.25) is 0 Å². The van der Waals surface area contributed by atoms with Crippen molar-refractivity contribution in [1.82, 2.24) is 5.32 Å². The Balaban J connectivity index is 2.08. The van der Waals surface area contributed by atoms with Crippen LogP contribution >= 0.6 is 23.4 Å². The first-order valence-electron chi connectivity index (χ1n) is 6.54. The van der Waals surface area contributed by atoms with Gasteiger partial charge in [-0.25, -0.2) is 0 Å². The number of ether oxygens (including phenoxy) is 1. The van der Waals surface area contributed by atoms with Crippen molar-refractivity contribution >= 4 is 23.4 Å². The van der Waals surface area contributed by atoms with E-state index in [2.05, 4.69) is 24.4 Å². The highest BCUT2D eigenvalue weighted by Gasteiger charge is 2.04. The van der Waals surface area contributed by atoms with E-state index in [0.29, 0.717) is 0 Å². The first-order chi connectivity index (χ1) is 9.72. The molecule has 20 heavy (non-hydrogen) atoms. The third-order valence-electron chi connectivity index (χ3n) is 2.86. The molecule has 0 aliphatic rings. The highest BCUT2D eigenvalue weighted by atomic mass is 35.5. The van der Waals surface area contributed by atoms with Crippen LogP contribution in [0.4, 0.5) is 0 Å². The third kappa shape index (κ3) is 4.17. The maximum atomic E-state index is 6.34. The summed E-state index contributed by atoms with van der Waals surface area (Å²) in [5.74, 6) is 0.862. The Hall–Kier alpha value is -1.16. The Labute approximate surface area is 129 Å². The van der Waals surface area contributed by atoms with E-state index in [1.807, 2.05) is 30.3 Å². The van der Waals surface area contributed by atoms with E-state index in [-0.39, 0.29) is 0 Å². The minimum Gasteiger partial charge on any atom is -0.497 e. The molecule has 0 saturated heterocycles. The summed E-state index contributed by atoms with van der Waals surface area (Å²) < 4.78 is 5.15. The lowest BCUT2D eigenvalue weighted by atomic mass is 10.2. The van der Waals surface area contributed by atoms with Crippen molar-refractivity contribution in [2.45, 2.75) is 23.3 Å². The minimum absolute atomic E-state index is 0.793. The second-order valence-electron chi connectivity index (χ2n) is 4.32.